The Hall–Kier alpha value is -1.46. The summed E-state index contributed by atoms with van der Waals surface area (Å²) in [7, 11) is 1.64. The smallest absolute Gasteiger partial charge is 0.165 e. The minimum Gasteiger partial charge on any atom is -0.383 e. The summed E-state index contributed by atoms with van der Waals surface area (Å²) < 4.78 is 29.2. The van der Waals surface area contributed by atoms with Crippen molar-refractivity contribution in [2.24, 2.45) is 7.05 Å². The normalized spacial score (nSPS) is 13.0. The second-order valence-electron chi connectivity index (χ2n) is 5.37. The Balaban J connectivity index is 2.60. The molecule has 0 aliphatic carbocycles. The van der Waals surface area contributed by atoms with Gasteiger partial charge < -0.3 is 5.11 Å². The fourth-order valence-electron chi connectivity index (χ4n) is 2.25. The molecule has 0 radical (unpaired) electrons. The molecule has 3 nitrogen and oxygen atoms in total. The van der Waals surface area contributed by atoms with Gasteiger partial charge in [-0.05, 0) is 18.4 Å². The molecular formula is C15H17ClF2N2O. The lowest BCUT2D eigenvalue weighted by Gasteiger charge is -2.15. The lowest BCUT2D eigenvalue weighted by Crippen LogP contribution is -2.08. The van der Waals surface area contributed by atoms with Crippen LogP contribution in [-0.2, 0) is 7.05 Å². The van der Waals surface area contributed by atoms with E-state index in [-0.39, 0.29) is 22.2 Å². The first-order valence-electron chi connectivity index (χ1n) is 6.60. The number of benzene rings is 1. The Morgan fingerprint density at radius 3 is 2.43 bits per heavy atom. The molecule has 1 aromatic heterocycles. The van der Waals surface area contributed by atoms with Crippen LogP contribution >= 0.6 is 11.6 Å². The summed E-state index contributed by atoms with van der Waals surface area (Å²) in [5, 5.41) is 14.9. The largest absolute Gasteiger partial charge is 0.383 e. The van der Waals surface area contributed by atoms with Crippen LogP contribution in [0.3, 0.4) is 0 Å². The summed E-state index contributed by atoms with van der Waals surface area (Å²) >= 11 is 6.15. The molecule has 0 saturated heterocycles. The van der Waals surface area contributed by atoms with Gasteiger partial charge in [0.2, 0.25) is 0 Å². The summed E-state index contributed by atoms with van der Waals surface area (Å²) in [4.78, 5) is 0. The molecule has 2 rings (SSSR count). The number of aryl methyl sites for hydroxylation is 2. The molecule has 6 heteroatoms. The van der Waals surface area contributed by atoms with Gasteiger partial charge in [0.15, 0.2) is 11.6 Å². The van der Waals surface area contributed by atoms with Crippen molar-refractivity contribution in [2.75, 3.05) is 0 Å². The molecule has 0 saturated carbocycles. The molecule has 0 bridgehead atoms. The number of aliphatic hydroxyl groups excluding tert-OH is 1. The van der Waals surface area contributed by atoms with Crippen LogP contribution in [0.25, 0.3) is 0 Å². The number of rotatable bonds is 3. The minimum absolute atomic E-state index is 0.00768. The summed E-state index contributed by atoms with van der Waals surface area (Å²) in [5.41, 5.74) is 0.923. The maximum atomic E-state index is 14.1. The van der Waals surface area contributed by atoms with E-state index in [9.17, 15) is 13.9 Å². The summed E-state index contributed by atoms with van der Waals surface area (Å²) in [6.45, 7) is 5.24. The Morgan fingerprint density at radius 1 is 1.24 bits per heavy atom. The predicted octanol–water partition coefficient (Wildman–Crippen LogP) is 3.87. The van der Waals surface area contributed by atoms with Gasteiger partial charge in [0.1, 0.15) is 11.3 Å². The van der Waals surface area contributed by atoms with Gasteiger partial charge >= 0.3 is 0 Å². The van der Waals surface area contributed by atoms with E-state index in [1.807, 2.05) is 13.8 Å². The Bertz CT molecular complexity index is 683. The van der Waals surface area contributed by atoms with Gasteiger partial charge in [-0.3, -0.25) is 4.68 Å². The van der Waals surface area contributed by atoms with Gasteiger partial charge in [-0.2, -0.15) is 5.10 Å². The van der Waals surface area contributed by atoms with Crippen LogP contribution in [0.5, 0.6) is 0 Å². The molecule has 1 atom stereocenters. The lowest BCUT2D eigenvalue weighted by molar-refractivity contribution is 0.212. The Morgan fingerprint density at radius 2 is 1.86 bits per heavy atom. The van der Waals surface area contributed by atoms with Crippen molar-refractivity contribution in [3.8, 4) is 0 Å². The van der Waals surface area contributed by atoms with Crippen LogP contribution in [-0.4, -0.2) is 14.9 Å². The van der Waals surface area contributed by atoms with Gasteiger partial charge in [-0.25, -0.2) is 8.78 Å². The average Bonchev–Trinajstić information content (AvgIpc) is 2.72. The predicted molar refractivity (Wildman–Crippen MR) is 77.5 cm³/mol. The number of hydrogen-bond donors (Lipinski definition) is 1. The van der Waals surface area contributed by atoms with E-state index in [0.717, 1.165) is 0 Å². The fourth-order valence-corrected chi connectivity index (χ4v) is 2.48. The highest BCUT2D eigenvalue weighted by molar-refractivity contribution is 6.30. The maximum absolute atomic E-state index is 14.1. The van der Waals surface area contributed by atoms with Crippen molar-refractivity contribution in [1.29, 1.82) is 0 Å². The first-order chi connectivity index (χ1) is 9.75. The molecule has 0 amide bonds. The van der Waals surface area contributed by atoms with Gasteiger partial charge in [-0.15, -0.1) is 0 Å². The monoisotopic (exact) mass is 314 g/mol. The van der Waals surface area contributed by atoms with Crippen LogP contribution in [0, 0.1) is 18.6 Å². The first-order valence-corrected chi connectivity index (χ1v) is 6.98. The van der Waals surface area contributed by atoms with E-state index in [4.69, 9.17) is 11.6 Å². The number of nitrogens with zero attached hydrogens (tertiary/aromatic N) is 2. The zero-order valence-corrected chi connectivity index (χ0v) is 13.0. The zero-order valence-electron chi connectivity index (χ0n) is 12.3. The number of hydrogen-bond acceptors (Lipinski definition) is 2. The quantitative estimate of drug-likeness (QED) is 0.934. The van der Waals surface area contributed by atoms with Gasteiger partial charge in [-0.1, -0.05) is 37.6 Å². The molecule has 1 N–H and O–H groups in total. The van der Waals surface area contributed by atoms with Crippen LogP contribution < -0.4 is 0 Å². The first kappa shape index (κ1) is 15.9. The van der Waals surface area contributed by atoms with Crippen molar-refractivity contribution >= 4 is 11.6 Å². The topological polar surface area (TPSA) is 38.1 Å². The molecule has 0 aliphatic heterocycles. The molecule has 0 aliphatic rings. The maximum Gasteiger partial charge on any atom is 0.165 e. The van der Waals surface area contributed by atoms with Crippen molar-refractivity contribution in [3.63, 3.8) is 0 Å². The third-order valence-corrected chi connectivity index (χ3v) is 3.91. The van der Waals surface area contributed by atoms with E-state index in [1.54, 1.807) is 7.05 Å². The highest BCUT2D eigenvalue weighted by Gasteiger charge is 2.27. The lowest BCUT2D eigenvalue weighted by atomic mass is 9.96. The molecular weight excluding hydrogens is 298 g/mol. The van der Waals surface area contributed by atoms with Gasteiger partial charge in [0.05, 0.1) is 5.69 Å². The van der Waals surface area contributed by atoms with Crippen molar-refractivity contribution in [3.05, 3.63) is 51.3 Å². The molecule has 1 aromatic carbocycles. The molecule has 0 fully saturated rings. The average molecular weight is 315 g/mol. The molecule has 2 aromatic rings. The van der Waals surface area contributed by atoms with Crippen LogP contribution in [0.4, 0.5) is 8.78 Å². The molecule has 114 valence electrons. The van der Waals surface area contributed by atoms with Crippen LogP contribution in [0.1, 0.15) is 48.3 Å². The SMILES string of the molecule is Cc1ccc(C(O)c2c(C(C)C)nn(C)c2Cl)c(F)c1F. The van der Waals surface area contributed by atoms with E-state index < -0.39 is 17.7 Å². The van der Waals surface area contributed by atoms with E-state index >= 15 is 0 Å². The highest BCUT2D eigenvalue weighted by Crippen LogP contribution is 2.35. The van der Waals surface area contributed by atoms with Crippen LogP contribution in [0.2, 0.25) is 5.15 Å². The molecule has 1 heterocycles. The Labute approximate surface area is 127 Å². The summed E-state index contributed by atoms with van der Waals surface area (Å²) in [6, 6.07) is 2.79. The second-order valence-corrected chi connectivity index (χ2v) is 5.73. The zero-order chi connectivity index (χ0) is 15.9. The third-order valence-electron chi connectivity index (χ3n) is 3.46. The van der Waals surface area contributed by atoms with E-state index in [0.29, 0.717) is 11.3 Å². The van der Waals surface area contributed by atoms with Crippen molar-refractivity contribution in [1.82, 2.24) is 9.78 Å². The van der Waals surface area contributed by atoms with E-state index in [2.05, 4.69) is 5.10 Å². The summed E-state index contributed by atoms with van der Waals surface area (Å²) in [5.74, 6) is -2.03. The van der Waals surface area contributed by atoms with E-state index in [1.165, 1.54) is 23.7 Å². The molecule has 21 heavy (non-hydrogen) atoms. The van der Waals surface area contributed by atoms with Gasteiger partial charge in [0, 0.05) is 18.2 Å². The number of aliphatic hydroxyl groups is 1. The fraction of sp³-hybridized carbons (Fsp3) is 0.400. The Kier molecular flexibility index (Phi) is 4.35. The third kappa shape index (κ3) is 2.68. The van der Waals surface area contributed by atoms with Crippen molar-refractivity contribution in [2.45, 2.75) is 32.8 Å². The standard InChI is InChI=1S/C15H17ClF2N2O/c1-7(2)13-10(15(16)20(4)19-13)14(21)9-6-5-8(3)11(17)12(9)18/h5-7,14,21H,1-4H3. The molecule has 1 unspecified atom stereocenters. The van der Waals surface area contributed by atoms with Gasteiger partial charge in [0.25, 0.3) is 0 Å². The highest BCUT2D eigenvalue weighted by atomic mass is 35.5. The second kappa shape index (κ2) is 5.73. The summed E-state index contributed by atoms with van der Waals surface area (Å²) in [6.07, 6.45) is -1.36. The van der Waals surface area contributed by atoms with Crippen molar-refractivity contribution < 1.29 is 13.9 Å². The molecule has 0 spiro atoms. The number of halogens is 3. The van der Waals surface area contributed by atoms with Crippen LogP contribution in [0.15, 0.2) is 12.1 Å². The minimum atomic E-state index is -1.36. The number of aromatic nitrogens is 2.